The van der Waals surface area contributed by atoms with Crippen molar-refractivity contribution in [2.75, 3.05) is 17.1 Å². The number of amides is 1. The molecule has 6 heteroatoms. The lowest BCUT2D eigenvalue weighted by Crippen LogP contribution is -2.49. The van der Waals surface area contributed by atoms with Gasteiger partial charge in [0.25, 0.3) is 0 Å². The van der Waals surface area contributed by atoms with E-state index in [4.69, 9.17) is 0 Å². The fourth-order valence-corrected chi connectivity index (χ4v) is 4.35. The monoisotopic (exact) mass is 364 g/mol. The zero-order valence-electron chi connectivity index (χ0n) is 15.3. The first-order valence-electron chi connectivity index (χ1n) is 8.84. The van der Waals surface area contributed by atoms with Crippen LogP contribution in [0.15, 0.2) is 35.9 Å². The van der Waals surface area contributed by atoms with Gasteiger partial charge in [-0.15, -0.1) is 0 Å². The van der Waals surface area contributed by atoms with Gasteiger partial charge < -0.3 is 5.32 Å². The molecule has 1 aromatic rings. The van der Waals surface area contributed by atoms with Gasteiger partial charge in [0.2, 0.25) is 15.9 Å². The van der Waals surface area contributed by atoms with Crippen LogP contribution < -0.4 is 9.62 Å². The minimum atomic E-state index is -3.57. The highest BCUT2D eigenvalue weighted by molar-refractivity contribution is 7.92. The van der Waals surface area contributed by atoms with Crippen molar-refractivity contribution in [3.8, 4) is 0 Å². The van der Waals surface area contributed by atoms with Crippen molar-refractivity contribution < 1.29 is 13.2 Å². The fraction of sp³-hybridized carbons (Fsp3) is 0.526. The van der Waals surface area contributed by atoms with Crippen LogP contribution in [-0.4, -0.2) is 33.2 Å². The van der Waals surface area contributed by atoms with Crippen molar-refractivity contribution in [3.05, 3.63) is 41.5 Å². The molecule has 1 N–H and O–H groups in total. The van der Waals surface area contributed by atoms with E-state index >= 15 is 0 Å². The van der Waals surface area contributed by atoms with Crippen molar-refractivity contribution in [1.82, 2.24) is 5.32 Å². The third kappa shape index (κ3) is 5.33. The number of nitrogens with zero attached hydrogens (tertiary/aromatic N) is 1. The van der Waals surface area contributed by atoms with E-state index in [1.807, 2.05) is 26.0 Å². The minimum absolute atomic E-state index is 0.250. The molecule has 1 atom stereocenters. The maximum atomic E-state index is 12.7. The molecule has 0 radical (unpaired) electrons. The van der Waals surface area contributed by atoms with E-state index < -0.39 is 16.1 Å². The Balaban J connectivity index is 2.19. The molecule has 2 rings (SSSR count). The number of aryl methyl sites for hydroxylation is 1. The molecule has 0 aromatic heterocycles. The van der Waals surface area contributed by atoms with E-state index in [0.717, 1.165) is 31.1 Å². The van der Waals surface area contributed by atoms with Crippen LogP contribution in [0.3, 0.4) is 0 Å². The van der Waals surface area contributed by atoms with Gasteiger partial charge in [-0.3, -0.25) is 9.10 Å². The van der Waals surface area contributed by atoms with Crippen molar-refractivity contribution in [2.24, 2.45) is 0 Å². The highest BCUT2D eigenvalue weighted by Crippen LogP contribution is 2.23. The summed E-state index contributed by atoms with van der Waals surface area (Å²) in [7, 11) is -3.57. The Labute approximate surface area is 151 Å². The summed E-state index contributed by atoms with van der Waals surface area (Å²) in [5.41, 5.74) is 2.79. The molecule has 0 fully saturated rings. The van der Waals surface area contributed by atoms with Gasteiger partial charge in [0.1, 0.15) is 6.04 Å². The van der Waals surface area contributed by atoms with Gasteiger partial charge >= 0.3 is 0 Å². The van der Waals surface area contributed by atoms with E-state index in [1.165, 1.54) is 16.3 Å². The molecule has 0 saturated carbocycles. The SMILES string of the molecule is CCC(C(=O)NCC1=CCCCC1)N(c1ccc(C)cc1)S(C)(=O)=O. The van der Waals surface area contributed by atoms with Gasteiger partial charge in [-0.05, 0) is 51.2 Å². The Morgan fingerprint density at radius 2 is 1.92 bits per heavy atom. The lowest BCUT2D eigenvalue weighted by molar-refractivity contribution is -0.122. The molecule has 1 aliphatic rings. The summed E-state index contributed by atoms with van der Waals surface area (Å²) in [5.74, 6) is -0.250. The predicted molar refractivity (Wildman–Crippen MR) is 102 cm³/mol. The predicted octanol–water partition coefficient (Wildman–Crippen LogP) is 3.16. The lowest BCUT2D eigenvalue weighted by Gasteiger charge is -2.30. The number of carbonyl (C=O) groups excluding carboxylic acids is 1. The van der Waals surface area contributed by atoms with Gasteiger partial charge in [0.15, 0.2) is 0 Å². The number of allylic oxidation sites excluding steroid dienone is 1. The minimum Gasteiger partial charge on any atom is -0.351 e. The topological polar surface area (TPSA) is 66.5 Å². The van der Waals surface area contributed by atoms with Crippen LogP contribution in [0.1, 0.15) is 44.6 Å². The molecule has 1 aliphatic carbocycles. The first-order chi connectivity index (χ1) is 11.8. The highest BCUT2D eigenvalue weighted by Gasteiger charge is 2.31. The normalized spacial score (nSPS) is 16.0. The maximum absolute atomic E-state index is 12.7. The quantitative estimate of drug-likeness (QED) is 0.756. The van der Waals surface area contributed by atoms with Crippen molar-refractivity contribution in [1.29, 1.82) is 0 Å². The number of carbonyl (C=O) groups is 1. The largest absolute Gasteiger partial charge is 0.351 e. The van der Waals surface area contributed by atoms with Crippen molar-refractivity contribution >= 4 is 21.6 Å². The highest BCUT2D eigenvalue weighted by atomic mass is 32.2. The van der Waals surface area contributed by atoms with Gasteiger partial charge in [-0.25, -0.2) is 8.42 Å². The number of sulfonamides is 1. The summed E-state index contributed by atoms with van der Waals surface area (Å²) in [6, 6.07) is 6.45. The third-order valence-electron chi connectivity index (χ3n) is 4.49. The molecule has 0 heterocycles. The summed E-state index contributed by atoms with van der Waals surface area (Å²) >= 11 is 0. The zero-order valence-corrected chi connectivity index (χ0v) is 16.1. The maximum Gasteiger partial charge on any atom is 0.244 e. The number of nitrogens with one attached hydrogen (secondary N) is 1. The molecule has 0 saturated heterocycles. The molecular formula is C19H28N2O3S. The van der Waals surface area contributed by atoms with Gasteiger partial charge in [0, 0.05) is 6.54 Å². The van der Waals surface area contributed by atoms with E-state index in [1.54, 1.807) is 12.1 Å². The van der Waals surface area contributed by atoms with Gasteiger partial charge in [-0.1, -0.05) is 36.3 Å². The Morgan fingerprint density at radius 3 is 2.44 bits per heavy atom. The van der Waals surface area contributed by atoms with Crippen LogP contribution in [-0.2, 0) is 14.8 Å². The number of hydrogen-bond donors (Lipinski definition) is 1. The van der Waals surface area contributed by atoms with Gasteiger partial charge in [0.05, 0.1) is 11.9 Å². The number of rotatable bonds is 7. The smallest absolute Gasteiger partial charge is 0.244 e. The van der Waals surface area contributed by atoms with Crippen molar-refractivity contribution in [3.63, 3.8) is 0 Å². The molecule has 25 heavy (non-hydrogen) atoms. The first kappa shape index (κ1) is 19.5. The van der Waals surface area contributed by atoms with Crippen LogP contribution in [0.2, 0.25) is 0 Å². The second-order valence-corrected chi connectivity index (χ2v) is 8.50. The van der Waals surface area contributed by atoms with Crippen LogP contribution in [0.5, 0.6) is 0 Å². The molecule has 1 unspecified atom stereocenters. The molecule has 1 aromatic carbocycles. The second-order valence-electron chi connectivity index (χ2n) is 6.64. The Bertz CT molecular complexity index is 724. The Morgan fingerprint density at radius 1 is 1.24 bits per heavy atom. The average molecular weight is 365 g/mol. The number of anilines is 1. The lowest BCUT2D eigenvalue weighted by atomic mass is 9.99. The Hall–Kier alpha value is -1.82. The number of benzene rings is 1. The molecule has 0 spiro atoms. The first-order valence-corrected chi connectivity index (χ1v) is 10.7. The molecule has 1 amide bonds. The van der Waals surface area contributed by atoms with Crippen molar-refractivity contribution in [2.45, 2.75) is 52.0 Å². The average Bonchev–Trinajstić information content (AvgIpc) is 2.58. The Kier molecular flexibility index (Phi) is 6.64. The summed E-state index contributed by atoms with van der Waals surface area (Å²) < 4.78 is 26.0. The van der Waals surface area contributed by atoms with Crippen LogP contribution in [0.25, 0.3) is 0 Å². The zero-order chi connectivity index (χ0) is 18.4. The van der Waals surface area contributed by atoms with E-state index in [0.29, 0.717) is 18.7 Å². The standard InChI is InChI=1S/C19H28N2O3S/c1-4-18(19(22)20-14-16-8-6-5-7-9-16)21(25(3,23)24)17-12-10-15(2)11-13-17/h8,10-13,18H,4-7,9,14H2,1-3H3,(H,20,22). The molecular weight excluding hydrogens is 336 g/mol. The second kappa shape index (κ2) is 8.52. The number of hydrogen-bond acceptors (Lipinski definition) is 3. The van der Waals surface area contributed by atoms with E-state index in [-0.39, 0.29) is 5.91 Å². The summed E-state index contributed by atoms with van der Waals surface area (Å²) in [6.45, 7) is 4.27. The van der Waals surface area contributed by atoms with Gasteiger partial charge in [-0.2, -0.15) is 0 Å². The molecule has 0 bridgehead atoms. The van der Waals surface area contributed by atoms with Crippen LogP contribution in [0, 0.1) is 6.92 Å². The molecule has 138 valence electrons. The summed E-state index contributed by atoms with van der Waals surface area (Å²) in [6.07, 6.45) is 8.14. The summed E-state index contributed by atoms with van der Waals surface area (Å²) in [4.78, 5) is 12.7. The molecule has 5 nitrogen and oxygen atoms in total. The van der Waals surface area contributed by atoms with Crippen LogP contribution in [0.4, 0.5) is 5.69 Å². The molecule has 0 aliphatic heterocycles. The van der Waals surface area contributed by atoms with E-state index in [2.05, 4.69) is 11.4 Å². The van der Waals surface area contributed by atoms with E-state index in [9.17, 15) is 13.2 Å². The third-order valence-corrected chi connectivity index (χ3v) is 5.67. The fourth-order valence-electron chi connectivity index (χ4n) is 3.14. The van der Waals surface area contributed by atoms with Crippen LogP contribution >= 0.6 is 0 Å². The summed E-state index contributed by atoms with van der Waals surface area (Å²) in [5, 5.41) is 2.92.